The summed E-state index contributed by atoms with van der Waals surface area (Å²) in [6.45, 7) is 4.13. The molecule has 0 bridgehead atoms. The number of benzene rings is 1. The van der Waals surface area contributed by atoms with E-state index in [4.69, 9.17) is 4.74 Å². The lowest BCUT2D eigenvalue weighted by molar-refractivity contribution is -0.130. The van der Waals surface area contributed by atoms with E-state index in [1.807, 2.05) is 29.2 Å². The third kappa shape index (κ3) is 5.06. The summed E-state index contributed by atoms with van der Waals surface area (Å²) < 4.78 is 5.42. The number of ether oxygens (including phenoxy) is 1. The van der Waals surface area contributed by atoms with Gasteiger partial charge in [0.15, 0.2) is 6.61 Å². The zero-order valence-corrected chi connectivity index (χ0v) is 13.1. The minimum Gasteiger partial charge on any atom is -0.484 e. The first-order valence-corrected chi connectivity index (χ1v) is 7.95. The second-order valence-corrected chi connectivity index (χ2v) is 5.47. The molecule has 5 nitrogen and oxygen atoms in total. The Labute approximate surface area is 131 Å². The van der Waals surface area contributed by atoms with Crippen LogP contribution >= 0.6 is 0 Å². The number of hydrogen-bond acceptors (Lipinski definition) is 3. The predicted molar refractivity (Wildman–Crippen MR) is 84.8 cm³/mol. The van der Waals surface area contributed by atoms with Crippen LogP contribution in [0.1, 0.15) is 31.7 Å². The summed E-state index contributed by atoms with van der Waals surface area (Å²) in [5.41, 5.74) is 1.23. The number of rotatable bonds is 7. The van der Waals surface area contributed by atoms with Crippen LogP contribution in [0.15, 0.2) is 24.3 Å². The highest BCUT2D eigenvalue weighted by Crippen LogP contribution is 2.12. The van der Waals surface area contributed by atoms with E-state index in [1.165, 1.54) is 5.56 Å². The third-order valence-electron chi connectivity index (χ3n) is 3.82. The van der Waals surface area contributed by atoms with E-state index in [-0.39, 0.29) is 18.4 Å². The molecular formula is C17H24N2O3. The summed E-state index contributed by atoms with van der Waals surface area (Å²) in [4.78, 5) is 25.4. The van der Waals surface area contributed by atoms with Gasteiger partial charge in [0.25, 0.3) is 5.91 Å². The van der Waals surface area contributed by atoms with Crippen molar-refractivity contribution >= 4 is 11.8 Å². The summed E-state index contributed by atoms with van der Waals surface area (Å²) in [5.74, 6) is 0.600. The van der Waals surface area contributed by atoms with Crippen LogP contribution < -0.4 is 10.1 Å². The SMILES string of the molecule is CCc1ccc(OCC(=O)NCCC(=O)N2CCCC2)cc1. The monoisotopic (exact) mass is 304 g/mol. The molecule has 1 aliphatic heterocycles. The molecule has 2 amide bonds. The zero-order chi connectivity index (χ0) is 15.8. The van der Waals surface area contributed by atoms with Crippen molar-refractivity contribution in [3.8, 4) is 5.75 Å². The molecule has 1 saturated heterocycles. The average Bonchev–Trinajstić information content (AvgIpc) is 3.08. The summed E-state index contributed by atoms with van der Waals surface area (Å²) in [7, 11) is 0. The molecular weight excluding hydrogens is 280 g/mol. The fourth-order valence-corrected chi connectivity index (χ4v) is 2.45. The van der Waals surface area contributed by atoms with Crippen molar-refractivity contribution in [2.75, 3.05) is 26.2 Å². The Kier molecular flexibility index (Phi) is 6.25. The highest BCUT2D eigenvalue weighted by molar-refractivity contribution is 5.80. The fourth-order valence-electron chi connectivity index (χ4n) is 2.45. The molecule has 2 rings (SSSR count). The van der Waals surface area contributed by atoms with Crippen molar-refractivity contribution in [3.05, 3.63) is 29.8 Å². The predicted octanol–water partition coefficient (Wildman–Crippen LogP) is 1.76. The Morgan fingerprint density at radius 2 is 1.86 bits per heavy atom. The van der Waals surface area contributed by atoms with Gasteiger partial charge >= 0.3 is 0 Å². The van der Waals surface area contributed by atoms with E-state index in [9.17, 15) is 9.59 Å². The van der Waals surface area contributed by atoms with Crippen molar-refractivity contribution in [1.29, 1.82) is 0 Å². The summed E-state index contributed by atoms with van der Waals surface area (Å²) >= 11 is 0. The number of likely N-dealkylation sites (tertiary alicyclic amines) is 1. The Hall–Kier alpha value is -2.04. The van der Waals surface area contributed by atoms with Gasteiger partial charge in [-0.3, -0.25) is 9.59 Å². The zero-order valence-electron chi connectivity index (χ0n) is 13.1. The molecule has 0 aliphatic carbocycles. The molecule has 120 valence electrons. The van der Waals surface area contributed by atoms with Gasteiger partial charge in [-0.15, -0.1) is 0 Å². The molecule has 22 heavy (non-hydrogen) atoms. The van der Waals surface area contributed by atoms with Gasteiger partial charge in [-0.05, 0) is 37.0 Å². The van der Waals surface area contributed by atoms with Gasteiger partial charge in [0.05, 0.1) is 0 Å². The number of amides is 2. The number of aryl methyl sites for hydroxylation is 1. The molecule has 0 saturated carbocycles. The maximum absolute atomic E-state index is 11.8. The maximum Gasteiger partial charge on any atom is 0.257 e. The van der Waals surface area contributed by atoms with Crippen molar-refractivity contribution in [3.63, 3.8) is 0 Å². The summed E-state index contributed by atoms with van der Waals surface area (Å²) in [6.07, 6.45) is 3.51. The first kappa shape index (κ1) is 16.3. The van der Waals surface area contributed by atoms with Crippen molar-refractivity contribution < 1.29 is 14.3 Å². The van der Waals surface area contributed by atoms with Crippen LogP contribution in [0.4, 0.5) is 0 Å². The summed E-state index contributed by atoms with van der Waals surface area (Å²) in [6, 6.07) is 7.70. The van der Waals surface area contributed by atoms with E-state index in [0.29, 0.717) is 18.7 Å². The van der Waals surface area contributed by atoms with Gasteiger partial charge < -0.3 is 15.0 Å². The Morgan fingerprint density at radius 1 is 1.18 bits per heavy atom. The Morgan fingerprint density at radius 3 is 2.50 bits per heavy atom. The smallest absolute Gasteiger partial charge is 0.257 e. The van der Waals surface area contributed by atoms with Crippen LogP contribution in [0.2, 0.25) is 0 Å². The molecule has 1 aromatic carbocycles. The van der Waals surface area contributed by atoms with E-state index in [1.54, 1.807) is 0 Å². The Balaban J connectivity index is 1.61. The lowest BCUT2D eigenvalue weighted by atomic mass is 10.2. The lowest BCUT2D eigenvalue weighted by Gasteiger charge is -2.15. The number of nitrogens with one attached hydrogen (secondary N) is 1. The normalized spacial score (nSPS) is 14.0. The maximum atomic E-state index is 11.8. The quantitative estimate of drug-likeness (QED) is 0.835. The van der Waals surface area contributed by atoms with Crippen LogP contribution in [0.3, 0.4) is 0 Å². The van der Waals surface area contributed by atoms with Crippen LogP contribution in [-0.4, -0.2) is 43.0 Å². The summed E-state index contributed by atoms with van der Waals surface area (Å²) in [5, 5.41) is 2.72. The van der Waals surface area contributed by atoms with Gasteiger partial charge in [-0.2, -0.15) is 0 Å². The van der Waals surface area contributed by atoms with Crippen molar-refractivity contribution in [1.82, 2.24) is 10.2 Å². The van der Waals surface area contributed by atoms with Crippen LogP contribution in [0.25, 0.3) is 0 Å². The fraction of sp³-hybridized carbons (Fsp3) is 0.529. The lowest BCUT2D eigenvalue weighted by Crippen LogP contribution is -2.34. The van der Waals surface area contributed by atoms with Crippen molar-refractivity contribution in [2.45, 2.75) is 32.6 Å². The van der Waals surface area contributed by atoms with E-state index >= 15 is 0 Å². The standard InChI is InChI=1S/C17H24N2O3/c1-2-14-5-7-15(8-6-14)22-13-16(20)18-10-9-17(21)19-11-3-4-12-19/h5-8H,2-4,9-13H2,1H3,(H,18,20). The molecule has 0 aromatic heterocycles. The second-order valence-electron chi connectivity index (χ2n) is 5.47. The molecule has 5 heteroatoms. The minimum atomic E-state index is -0.200. The molecule has 0 atom stereocenters. The minimum absolute atomic E-state index is 0.0244. The van der Waals surface area contributed by atoms with Gasteiger partial charge in [0.2, 0.25) is 5.91 Å². The second kappa shape index (κ2) is 8.41. The topological polar surface area (TPSA) is 58.6 Å². The number of carbonyl (C=O) groups excluding carboxylic acids is 2. The highest BCUT2D eigenvalue weighted by Gasteiger charge is 2.17. The average molecular weight is 304 g/mol. The highest BCUT2D eigenvalue weighted by atomic mass is 16.5. The van der Waals surface area contributed by atoms with Crippen LogP contribution in [0.5, 0.6) is 5.75 Å². The number of carbonyl (C=O) groups is 2. The van der Waals surface area contributed by atoms with Gasteiger partial charge in [-0.1, -0.05) is 19.1 Å². The third-order valence-corrected chi connectivity index (χ3v) is 3.82. The molecule has 1 heterocycles. The van der Waals surface area contributed by atoms with Crippen LogP contribution in [-0.2, 0) is 16.0 Å². The molecule has 0 unspecified atom stereocenters. The molecule has 0 spiro atoms. The van der Waals surface area contributed by atoms with Crippen molar-refractivity contribution in [2.24, 2.45) is 0 Å². The van der Waals surface area contributed by atoms with E-state index in [0.717, 1.165) is 32.4 Å². The van der Waals surface area contributed by atoms with Gasteiger partial charge in [0.1, 0.15) is 5.75 Å². The largest absolute Gasteiger partial charge is 0.484 e. The molecule has 1 N–H and O–H groups in total. The number of hydrogen-bond donors (Lipinski definition) is 1. The van der Waals surface area contributed by atoms with Gasteiger partial charge in [-0.25, -0.2) is 0 Å². The first-order valence-electron chi connectivity index (χ1n) is 7.95. The Bertz CT molecular complexity index is 493. The van der Waals surface area contributed by atoms with E-state index in [2.05, 4.69) is 12.2 Å². The first-order chi connectivity index (χ1) is 10.7. The molecule has 1 fully saturated rings. The van der Waals surface area contributed by atoms with Crippen LogP contribution in [0, 0.1) is 0 Å². The van der Waals surface area contributed by atoms with Gasteiger partial charge in [0, 0.05) is 26.1 Å². The molecule has 1 aromatic rings. The molecule has 1 aliphatic rings. The van der Waals surface area contributed by atoms with E-state index < -0.39 is 0 Å². The number of nitrogens with zero attached hydrogens (tertiary/aromatic N) is 1. The molecule has 0 radical (unpaired) electrons.